The highest BCUT2D eigenvalue weighted by molar-refractivity contribution is 7.99. The topological polar surface area (TPSA) is 86.7 Å². The summed E-state index contributed by atoms with van der Waals surface area (Å²) in [5.74, 6) is 0.227. The molecular formula is C17H21Cl2NO3S. The number of aliphatic hydroxyl groups excluding tert-OH is 2. The van der Waals surface area contributed by atoms with Crippen LogP contribution in [0, 0.1) is 0 Å². The van der Waals surface area contributed by atoms with Crippen LogP contribution in [0.25, 0.3) is 0 Å². The highest BCUT2D eigenvalue weighted by Gasteiger charge is 2.23. The second-order valence-corrected chi connectivity index (χ2v) is 7.09. The highest BCUT2D eigenvalue weighted by Crippen LogP contribution is 2.32. The molecule has 0 radical (unpaired) electrons. The monoisotopic (exact) mass is 389 g/mol. The van der Waals surface area contributed by atoms with E-state index in [1.54, 1.807) is 18.2 Å². The minimum Gasteiger partial charge on any atom is -0.508 e. The fourth-order valence-electron chi connectivity index (χ4n) is 2.07. The molecule has 2 aromatic carbocycles. The summed E-state index contributed by atoms with van der Waals surface area (Å²) >= 11 is 7.82. The summed E-state index contributed by atoms with van der Waals surface area (Å²) in [5, 5.41) is 28.6. The maximum atomic E-state index is 9.49. The maximum absolute atomic E-state index is 9.49. The number of hydrogen-bond acceptors (Lipinski definition) is 5. The summed E-state index contributed by atoms with van der Waals surface area (Å²) < 4.78 is 0. The number of aliphatic hydroxyl groups is 2. The van der Waals surface area contributed by atoms with E-state index in [0.29, 0.717) is 17.9 Å². The van der Waals surface area contributed by atoms with Gasteiger partial charge in [0, 0.05) is 14.8 Å². The lowest BCUT2D eigenvalue weighted by molar-refractivity contribution is 0.115. The molecule has 0 aliphatic rings. The highest BCUT2D eigenvalue weighted by atomic mass is 35.5. The third kappa shape index (κ3) is 5.84. The van der Waals surface area contributed by atoms with Crippen molar-refractivity contribution in [3.8, 4) is 5.75 Å². The smallest absolute Gasteiger partial charge is 0.116 e. The first kappa shape index (κ1) is 21.1. The molecule has 0 saturated carbocycles. The molecule has 0 unspecified atom stereocenters. The normalized spacial score (nSPS) is 11.2. The van der Waals surface area contributed by atoms with E-state index in [4.69, 9.17) is 17.3 Å². The molecular weight excluding hydrogens is 369 g/mol. The molecule has 24 heavy (non-hydrogen) atoms. The fourth-order valence-corrected chi connectivity index (χ4v) is 3.32. The van der Waals surface area contributed by atoms with Crippen LogP contribution in [0.1, 0.15) is 12.0 Å². The van der Waals surface area contributed by atoms with Crippen molar-refractivity contribution in [3.05, 3.63) is 53.1 Å². The lowest BCUT2D eigenvalue weighted by Gasteiger charge is -2.24. The van der Waals surface area contributed by atoms with Gasteiger partial charge in [0.1, 0.15) is 5.75 Å². The number of halogens is 2. The van der Waals surface area contributed by atoms with E-state index >= 15 is 0 Å². The molecule has 2 aromatic rings. The van der Waals surface area contributed by atoms with Crippen LogP contribution in [0.3, 0.4) is 0 Å². The predicted molar refractivity (Wildman–Crippen MR) is 100 cm³/mol. The lowest BCUT2D eigenvalue weighted by atomic mass is 9.94. The molecule has 0 saturated heterocycles. The predicted octanol–water partition coefficient (Wildman–Crippen LogP) is 3.23. The van der Waals surface area contributed by atoms with Crippen LogP contribution < -0.4 is 5.73 Å². The van der Waals surface area contributed by atoms with Gasteiger partial charge in [-0.05, 0) is 48.7 Å². The number of nitrogens with two attached hydrogens (primary N) is 1. The van der Waals surface area contributed by atoms with Gasteiger partial charge in [-0.15, -0.1) is 12.4 Å². The standard InChI is InChI=1S/C17H20ClNO3S.ClH/c18-16-9-15(23-14-3-1-2-13(22)8-14)5-4-12(16)6-7-17(19,10-20)11-21;/h1-5,8-9,20-22H,6-7,10-11,19H2;1H. The molecule has 4 nitrogen and oxygen atoms in total. The van der Waals surface area contributed by atoms with Crippen molar-refractivity contribution in [2.24, 2.45) is 5.73 Å². The number of phenolic OH excluding ortho intramolecular Hbond substituents is 1. The Hall–Kier alpha value is -0.950. The van der Waals surface area contributed by atoms with Crippen molar-refractivity contribution < 1.29 is 15.3 Å². The van der Waals surface area contributed by atoms with Gasteiger partial charge < -0.3 is 21.1 Å². The molecule has 0 spiro atoms. The maximum Gasteiger partial charge on any atom is 0.116 e. The lowest BCUT2D eigenvalue weighted by Crippen LogP contribution is -2.47. The molecule has 7 heteroatoms. The minimum atomic E-state index is -0.988. The number of benzene rings is 2. The van der Waals surface area contributed by atoms with Gasteiger partial charge in [-0.2, -0.15) is 0 Å². The number of aromatic hydroxyl groups is 1. The third-order valence-corrected chi connectivity index (χ3v) is 4.93. The first-order chi connectivity index (χ1) is 11.0. The molecule has 0 fully saturated rings. The Morgan fingerprint density at radius 2 is 1.71 bits per heavy atom. The van der Waals surface area contributed by atoms with Gasteiger partial charge in [0.15, 0.2) is 0 Å². The van der Waals surface area contributed by atoms with Gasteiger partial charge >= 0.3 is 0 Å². The Morgan fingerprint density at radius 1 is 1.04 bits per heavy atom. The Labute approximate surface area is 157 Å². The summed E-state index contributed by atoms with van der Waals surface area (Å²) in [5.41, 5.74) is 5.80. The molecule has 0 aliphatic carbocycles. The Balaban J connectivity index is 0.00000288. The Kier molecular flexibility index (Phi) is 8.36. The van der Waals surface area contributed by atoms with Crippen molar-refractivity contribution in [3.63, 3.8) is 0 Å². The summed E-state index contributed by atoms with van der Waals surface area (Å²) in [6.45, 7) is -0.543. The number of aryl methyl sites for hydroxylation is 1. The first-order valence-electron chi connectivity index (χ1n) is 7.22. The van der Waals surface area contributed by atoms with Crippen LogP contribution in [-0.2, 0) is 6.42 Å². The number of hydrogen-bond donors (Lipinski definition) is 4. The van der Waals surface area contributed by atoms with Crippen LogP contribution in [0.15, 0.2) is 52.3 Å². The van der Waals surface area contributed by atoms with Crippen molar-refractivity contribution >= 4 is 35.8 Å². The van der Waals surface area contributed by atoms with Gasteiger partial charge in [-0.1, -0.05) is 35.5 Å². The molecule has 2 rings (SSSR count). The zero-order valence-corrected chi connectivity index (χ0v) is 15.4. The minimum absolute atomic E-state index is 0. The van der Waals surface area contributed by atoms with Gasteiger partial charge in [-0.25, -0.2) is 0 Å². The summed E-state index contributed by atoms with van der Waals surface area (Å²) in [6.07, 6.45) is 1.02. The van der Waals surface area contributed by atoms with E-state index in [-0.39, 0.29) is 31.4 Å². The molecule has 0 aromatic heterocycles. The van der Waals surface area contributed by atoms with Crippen LogP contribution in [0.5, 0.6) is 5.75 Å². The SMILES string of the molecule is Cl.NC(CO)(CO)CCc1ccc(Sc2cccc(O)c2)cc1Cl. The fraction of sp³-hybridized carbons (Fsp3) is 0.294. The van der Waals surface area contributed by atoms with Crippen LogP contribution in [-0.4, -0.2) is 34.1 Å². The third-order valence-electron chi connectivity index (χ3n) is 3.60. The van der Waals surface area contributed by atoms with Crippen molar-refractivity contribution in [1.29, 1.82) is 0 Å². The van der Waals surface area contributed by atoms with Crippen molar-refractivity contribution in [1.82, 2.24) is 0 Å². The van der Waals surface area contributed by atoms with E-state index in [9.17, 15) is 15.3 Å². The van der Waals surface area contributed by atoms with E-state index in [1.807, 2.05) is 24.3 Å². The quantitative estimate of drug-likeness (QED) is 0.583. The summed E-state index contributed by atoms with van der Waals surface area (Å²) in [4.78, 5) is 1.89. The second kappa shape index (κ2) is 9.51. The Bertz CT molecular complexity index is 666. The van der Waals surface area contributed by atoms with E-state index in [1.165, 1.54) is 11.8 Å². The van der Waals surface area contributed by atoms with Crippen LogP contribution in [0.4, 0.5) is 0 Å². The molecule has 0 amide bonds. The molecule has 132 valence electrons. The van der Waals surface area contributed by atoms with E-state index < -0.39 is 5.54 Å². The van der Waals surface area contributed by atoms with Gasteiger partial charge in [0.05, 0.1) is 18.8 Å². The summed E-state index contributed by atoms with van der Waals surface area (Å²) in [7, 11) is 0. The van der Waals surface area contributed by atoms with E-state index in [2.05, 4.69) is 0 Å². The van der Waals surface area contributed by atoms with Crippen LogP contribution >= 0.6 is 35.8 Å². The zero-order valence-electron chi connectivity index (χ0n) is 13.0. The van der Waals surface area contributed by atoms with Crippen LogP contribution in [0.2, 0.25) is 5.02 Å². The van der Waals surface area contributed by atoms with Crippen molar-refractivity contribution in [2.75, 3.05) is 13.2 Å². The van der Waals surface area contributed by atoms with Gasteiger partial charge in [-0.3, -0.25) is 0 Å². The average Bonchev–Trinajstić information content (AvgIpc) is 2.54. The zero-order chi connectivity index (χ0) is 16.9. The Morgan fingerprint density at radius 3 is 2.29 bits per heavy atom. The summed E-state index contributed by atoms with van der Waals surface area (Å²) in [6, 6.07) is 12.8. The molecule has 5 N–H and O–H groups in total. The van der Waals surface area contributed by atoms with Gasteiger partial charge in [0.2, 0.25) is 0 Å². The largest absolute Gasteiger partial charge is 0.508 e. The molecule has 0 bridgehead atoms. The van der Waals surface area contributed by atoms with Gasteiger partial charge in [0.25, 0.3) is 0 Å². The first-order valence-corrected chi connectivity index (χ1v) is 8.41. The average molecular weight is 390 g/mol. The van der Waals surface area contributed by atoms with E-state index in [0.717, 1.165) is 15.4 Å². The molecule has 0 atom stereocenters. The molecule has 0 heterocycles. The second-order valence-electron chi connectivity index (χ2n) is 5.53. The number of phenols is 1. The molecule has 0 aliphatic heterocycles. The van der Waals surface area contributed by atoms with Crippen molar-refractivity contribution in [2.45, 2.75) is 28.2 Å². The number of rotatable bonds is 7.